The van der Waals surface area contributed by atoms with Gasteiger partial charge in [0, 0.05) is 23.7 Å². The Bertz CT molecular complexity index is 1090. The number of esters is 2. The average molecular weight is 589 g/mol. The van der Waals surface area contributed by atoms with Crippen molar-refractivity contribution in [2.75, 3.05) is 39.9 Å². The van der Waals surface area contributed by atoms with Crippen molar-refractivity contribution in [2.24, 2.45) is 0 Å². The highest BCUT2D eigenvalue weighted by Crippen LogP contribution is 2.24. The van der Waals surface area contributed by atoms with Gasteiger partial charge >= 0.3 is 11.9 Å². The van der Waals surface area contributed by atoms with E-state index in [2.05, 4.69) is 10.6 Å². The summed E-state index contributed by atoms with van der Waals surface area (Å²) in [6.07, 6.45) is 5.85. The van der Waals surface area contributed by atoms with Crippen LogP contribution < -0.4 is 20.1 Å². The molecule has 0 radical (unpaired) electrons. The Kier molecular flexibility index (Phi) is 14.3. The van der Waals surface area contributed by atoms with E-state index >= 15 is 0 Å². The lowest BCUT2D eigenvalue weighted by Gasteiger charge is -2.17. The van der Waals surface area contributed by atoms with E-state index in [1.165, 1.54) is 48.0 Å². The van der Waals surface area contributed by atoms with Gasteiger partial charge in [0.1, 0.15) is 23.6 Å². The summed E-state index contributed by atoms with van der Waals surface area (Å²) in [7, 11) is 8.07. The second-order valence-electron chi connectivity index (χ2n) is 7.95. The largest absolute Gasteiger partial charge is 0.497 e. The van der Waals surface area contributed by atoms with Gasteiger partial charge in [0.25, 0.3) is 0 Å². The Balaban J connectivity index is 1.87. The number of rotatable bonds is 15. The average Bonchev–Trinajstić information content (AvgIpc) is 2.99. The van der Waals surface area contributed by atoms with Gasteiger partial charge in [-0.25, -0.2) is 9.59 Å². The fraction of sp³-hybridized carbons (Fsp3) is 0.286. The first-order valence-corrected chi connectivity index (χ1v) is 14.4. The third-order valence-corrected chi connectivity index (χ3v) is 7.67. The van der Waals surface area contributed by atoms with Gasteiger partial charge in [-0.15, -0.1) is 0 Å². The summed E-state index contributed by atoms with van der Waals surface area (Å²) in [6, 6.07) is 12.4. The topological polar surface area (TPSA) is 129 Å². The molecule has 2 amide bonds. The fourth-order valence-electron chi connectivity index (χ4n) is 3.07. The highest BCUT2D eigenvalue weighted by atomic mass is 33.1. The molecule has 2 aromatic carbocycles. The molecule has 0 saturated carbocycles. The maximum Gasteiger partial charge on any atom is 0.329 e. The second-order valence-corrected chi connectivity index (χ2v) is 10.5. The predicted molar refractivity (Wildman–Crippen MR) is 157 cm³/mol. The number of ether oxygens (including phenoxy) is 4. The van der Waals surface area contributed by atoms with Crippen molar-refractivity contribution >= 4 is 57.5 Å². The van der Waals surface area contributed by atoms with Gasteiger partial charge < -0.3 is 29.6 Å². The summed E-state index contributed by atoms with van der Waals surface area (Å²) in [5, 5.41) is 5.23. The summed E-state index contributed by atoms with van der Waals surface area (Å²) < 4.78 is 19.8. The molecule has 2 N–H and O–H groups in total. The number of benzene rings is 2. The molecule has 0 aromatic heterocycles. The lowest BCUT2D eigenvalue weighted by atomic mass is 10.2. The molecule has 0 spiro atoms. The smallest absolute Gasteiger partial charge is 0.329 e. The van der Waals surface area contributed by atoms with Gasteiger partial charge in [-0.2, -0.15) is 0 Å². The highest BCUT2D eigenvalue weighted by Gasteiger charge is 2.24. The molecule has 0 unspecified atom stereocenters. The summed E-state index contributed by atoms with van der Waals surface area (Å²) >= 11 is 0. The first-order valence-electron chi connectivity index (χ1n) is 11.9. The van der Waals surface area contributed by atoms with Crippen LogP contribution in [0.3, 0.4) is 0 Å². The van der Waals surface area contributed by atoms with E-state index < -0.39 is 35.8 Å². The van der Waals surface area contributed by atoms with Crippen LogP contribution in [0.15, 0.2) is 60.7 Å². The normalized spacial score (nSPS) is 12.4. The van der Waals surface area contributed by atoms with E-state index in [1.54, 1.807) is 74.9 Å². The molecular formula is C28H32N2O8S2. The van der Waals surface area contributed by atoms with Crippen LogP contribution >= 0.6 is 21.6 Å². The van der Waals surface area contributed by atoms with Gasteiger partial charge in [0.15, 0.2) is 0 Å². The van der Waals surface area contributed by atoms with E-state index in [4.69, 9.17) is 18.9 Å². The summed E-state index contributed by atoms with van der Waals surface area (Å²) in [6.45, 7) is 0. The molecular weight excluding hydrogens is 556 g/mol. The van der Waals surface area contributed by atoms with Crippen LogP contribution in [0.25, 0.3) is 12.2 Å². The Labute approximate surface area is 241 Å². The maximum absolute atomic E-state index is 12.4. The monoisotopic (exact) mass is 588 g/mol. The minimum Gasteiger partial charge on any atom is -0.497 e. The molecule has 0 heterocycles. The van der Waals surface area contributed by atoms with E-state index in [0.29, 0.717) is 11.5 Å². The van der Waals surface area contributed by atoms with Gasteiger partial charge in [0.05, 0.1) is 28.4 Å². The lowest BCUT2D eigenvalue weighted by molar-refractivity contribution is -0.144. The van der Waals surface area contributed by atoms with E-state index in [0.717, 1.165) is 11.1 Å². The number of amides is 2. The van der Waals surface area contributed by atoms with Gasteiger partial charge in [-0.1, -0.05) is 45.9 Å². The number of methoxy groups -OCH3 is 4. The highest BCUT2D eigenvalue weighted by molar-refractivity contribution is 8.76. The number of hydrogen-bond donors (Lipinski definition) is 2. The molecule has 40 heavy (non-hydrogen) atoms. The molecule has 2 rings (SSSR count). The van der Waals surface area contributed by atoms with Crippen LogP contribution in [0.4, 0.5) is 0 Å². The van der Waals surface area contributed by atoms with Crippen LogP contribution in [0.2, 0.25) is 0 Å². The van der Waals surface area contributed by atoms with Gasteiger partial charge in [-0.3, -0.25) is 9.59 Å². The Hall–Kier alpha value is -3.90. The van der Waals surface area contributed by atoms with Crippen molar-refractivity contribution in [3.8, 4) is 11.5 Å². The van der Waals surface area contributed by atoms with Crippen molar-refractivity contribution in [2.45, 2.75) is 12.1 Å². The molecule has 0 saturated heterocycles. The van der Waals surface area contributed by atoms with Crippen LogP contribution in [0.5, 0.6) is 11.5 Å². The van der Waals surface area contributed by atoms with E-state index in [9.17, 15) is 19.2 Å². The zero-order valence-electron chi connectivity index (χ0n) is 22.6. The molecule has 2 aromatic rings. The van der Waals surface area contributed by atoms with E-state index in [-0.39, 0.29) is 11.5 Å². The van der Waals surface area contributed by atoms with Crippen molar-refractivity contribution in [1.29, 1.82) is 0 Å². The van der Waals surface area contributed by atoms with Gasteiger partial charge in [-0.05, 0) is 47.5 Å². The SMILES string of the molecule is COC(=O)[C@H](CSSC[C@H](NC(=O)/C=C/c1ccc(OC)cc1)C(=O)OC)NC(=O)/C=C/c1ccc(OC)cc1. The zero-order valence-corrected chi connectivity index (χ0v) is 24.2. The van der Waals surface area contributed by atoms with Crippen LogP contribution in [-0.4, -0.2) is 75.8 Å². The zero-order chi connectivity index (χ0) is 29.3. The maximum atomic E-state index is 12.4. The summed E-state index contributed by atoms with van der Waals surface area (Å²) in [5.74, 6) is -0.444. The van der Waals surface area contributed by atoms with Crippen molar-refractivity contribution in [3.05, 3.63) is 71.8 Å². The van der Waals surface area contributed by atoms with Crippen LogP contribution in [0.1, 0.15) is 11.1 Å². The Morgan fingerprint density at radius 2 is 1.00 bits per heavy atom. The summed E-state index contributed by atoms with van der Waals surface area (Å²) in [5.41, 5.74) is 1.57. The Morgan fingerprint density at radius 3 is 1.30 bits per heavy atom. The van der Waals surface area contributed by atoms with Crippen molar-refractivity contribution in [3.63, 3.8) is 0 Å². The molecule has 0 bridgehead atoms. The van der Waals surface area contributed by atoms with Crippen LogP contribution in [-0.2, 0) is 28.7 Å². The quantitative estimate of drug-likeness (QED) is 0.139. The fourth-order valence-corrected chi connectivity index (χ4v) is 5.36. The number of carbonyl (C=O) groups excluding carboxylic acids is 4. The minimum absolute atomic E-state index is 0.165. The standard InChI is InChI=1S/C28H32N2O8S2/c1-35-21-11-5-19(6-12-21)9-15-25(31)29-23(27(33)37-3)17-39-40-18-24(28(34)38-4)30-26(32)16-10-20-7-13-22(36-2)14-8-20/h5-16,23-24H,17-18H2,1-4H3,(H,29,31)(H,30,32)/b15-9+,16-10+/t23-,24-/m0/s1. The third kappa shape index (κ3) is 11.5. The second kappa shape index (κ2) is 17.6. The van der Waals surface area contributed by atoms with Crippen molar-refractivity contribution < 1.29 is 38.1 Å². The molecule has 12 heteroatoms. The lowest BCUT2D eigenvalue weighted by Crippen LogP contribution is -2.43. The molecule has 214 valence electrons. The number of carbonyl (C=O) groups is 4. The minimum atomic E-state index is -0.922. The third-order valence-electron chi connectivity index (χ3n) is 5.24. The van der Waals surface area contributed by atoms with Crippen LogP contribution in [0, 0.1) is 0 Å². The van der Waals surface area contributed by atoms with Gasteiger partial charge in [0.2, 0.25) is 11.8 Å². The molecule has 0 aliphatic rings. The first kappa shape index (κ1) is 32.3. The first-order chi connectivity index (χ1) is 19.3. The molecule has 0 aliphatic heterocycles. The number of nitrogens with one attached hydrogen (secondary N) is 2. The molecule has 2 atom stereocenters. The molecule has 10 nitrogen and oxygen atoms in total. The molecule has 0 aliphatic carbocycles. The van der Waals surface area contributed by atoms with E-state index in [1.807, 2.05) is 0 Å². The number of hydrogen-bond acceptors (Lipinski definition) is 10. The van der Waals surface area contributed by atoms with Crippen molar-refractivity contribution in [1.82, 2.24) is 10.6 Å². The summed E-state index contributed by atoms with van der Waals surface area (Å²) in [4.78, 5) is 49.2. The Morgan fingerprint density at radius 1 is 0.650 bits per heavy atom. The molecule has 0 fully saturated rings. The predicted octanol–water partition coefficient (Wildman–Crippen LogP) is 3.13.